The number of amides is 1. The fourth-order valence-corrected chi connectivity index (χ4v) is 6.35. The first-order valence-corrected chi connectivity index (χ1v) is 13.8. The quantitative estimate of drug-likeness (QED) is 0.501. The molecule has 212 valence electrons. The molecule has 3 saturated heterocycles. The minimum absolute atomic E-state index is 0.0229. The van der Waals surface area contributed by atoms with Crippen molar-refractivity contribution in [2.45, 2.75) is 70.4 Å². The van der Waals surface area contributed by atoms with Crippen molar-refractivity contribution in [3.8, 4) is 5.75 Å². The molecule has 5 rings (SSSR count). The molecule has 0 unspecified atom stereocenters. The minimum atomic E-state index is -4.47. The lowest BCUT2D eigenvalue weighted by Crippen LogP contribution is -2.49. The van der Waals surface area contributed by atoms with Crippen LogP contribution < -0.4 is 4.74 Å². The Kier molecular flexibility index (Phi) is 7.90. The van der Waals surface area contributed by atoms with E-state index in [2.05, 4.69) is 41.6 Å². The lowest BCUT2D eigenvalue weighted by Gasteiger charge is -2.38. The van der Waals surface area contributed by atoms with Gasteiger partial charge in [-0.15, -0.1) is 0 Å². The first kappa shape index (κ1) is 27.9. The molecule has 7 nitrogen and oxygen atoms in total. The Labute approximate surface area is 227 Å². The summed E-state index contributed by atoms with van der Waals surface area (Å²) in [5.74, 6) is 0.589. The lowest BCUT2D eigenvalue weighted by atomic mass is 9.96. The molecule has 4 atom stereocenters. The Morgan fingerprint density at radius 2 is 1.92 bits per heavy atom. The number of carbonyl (C=O) groups is 1. The van der Waals surface area contributed by atoms with Crippen molar-refractivity contribution in [3.05, 3.63) is 58.4 Å². The molecule has 1 aromatic heterocycles. The number of carbonyl (C=O) groups excluding carboxylic acids is 1. The van der Waals surface area contributed by atoms with E-state index in [0.717, 1.165) is 69.0 Å². The number of hydrogen-bond donors (Lipinski definition) is 1. The van der Waals surface area contributed by atoms with Crippen molar-refractivity contribution >= 4 is 5.91 Å². The highest BCUT2D eigenvalue weighted by atomic mass is 19.4. The maximum Gasteiger partial charge on any atom is 0.417 e. The SMILES string of the molecule is Cc1c(OCCCN2CC[C@@H](O)C2)ccc([C@H](C)N2C[C@@H]3C[C@H]2CN3C(=O)c2ccc(C(F)(F)F)cn2)c1C. The second-order valence-electron chi connectivity index (χ2n) is 11.2. The number of aromatic nitrogens is 1. The number of fused-ring (bicyclic) bond motifs is 2. The molecule has 2 aromatic rings. The van der Waals surface area contributed by atoms with Crippen molar-refractivity contribution in [3.63, 3.8) is 0 Å². The molecule has 2 bridgehead atoms. The molecule has 10 heteroatoms. The van der Waals surface area contributed by atoms with Gasteiger partial charge in [-0.1, -0.05) is 6.07 Å². The fourth-order valence-electron chi connectivity index (χ4n) is 6.35. The third-order valence-electron chi connectivity index (χ3n) is 8.70. The number of ether oxygens (including phenoxy) is 1. The summed E-state index contributed by atoms with van der Waals surface area (Å²) in [5.41, 5.74) is 2.76. The number of aliphatic hydroxyl groups is 1. The predicted octanol–water partition coefficient (Wildman–Crippen LogP) is 4.21. The largest absolute Gasteiger partial charge is 0.493 e. The Bertz CT molecular complexity index is 1190. The number of pyridine rings is 1. The average Bonchev–Trinajstić information content (AvgIpc) is 3.64. The zero-order valence-corrected chi connectivity index (χ0v) is 22.7. The highest BCUT2D eigenvalue weighted by molar-refractivity contribution is 5.93. The van der Waals surface area contributed by atoms with Gasteiger partial charge in [0.1, 0.15) is 11.4 Å². The maximum atomic E-state index is 13.0. The van der Waals surface area contributed by atoms with Crippen LogP contribution in [0.2, 0.25) is 0 Å². The van der Waals surface area contributed by atoms with Crippen LogP contribution in [-0.4, -0.2) is 88.2 Å². The lowest BCUT2D eigenvalue weighted by molar-refractivity contribution is -0.137. The van der Waals surface area contributed by atoms with Gasteiger partial charge in [-0.25, -0.2) is 0 Å². The van der Waals surface area contributed by atoms with Crippen molar-refractivity contribution < 1.29 is 27.8 Å². The predicted molar refractivity (Wildman–Crippen MR) is 141 cm³/mol. The monoisotopic (exact) mass is 546 g/mol. The zero-order chi connectivity index (χ0) is 27.9. The molecule has 39 heavy (non-hydrogen) atoms. The Balaban J connectivity index is 1.16. The molecule has 0 saturated carbocycles. The van der Waals surface area contributed by atoms with Gasteiger partial charge in [-0.05, 0) is 74.9 Å². The number of aliphatic hydroxyl groups excluding tert-OH is 1. The van der Waals surface area contributed by atoms with Crippen LogP contribution in [-0.2, 0) is 6.18 Å². The third kappa shape index (κ3) is 5.78. The molecule has 1 aromatic carbocycles. The van der Waals surface area contributed by atoms with Gasteiger partial charge in [0.15, 0.2) is 0 Å². The summed E-state index contributed by atoms with van der Waals surface area (Å²) in [6.07, 6.45) is -1.33. The zero-order valence-electron chi connectivity index (χ0n) is 22.7. The second kappa shape index (κ2) is 11.1. The van der Waals surface area contributed by atoms with E-state index < -0.39 is 11.7 Å². The molecular weight excluding hydrogens is 509 g/mol. The number of likely N-dealkylation sites (tertiary alicyclic amines) is 3. The van der Waals surface area contributed by atoms with Crippen molar-refractivity contribution in [1.82, 2.24) is 19.7 Å². The van der Waals surface area contributed by atoms with Gasteiger partial charge in [0, 0.05) is 57.0 Å². The molecule has 3 fully saturated rings. The highest BCUT2D eigenvalue weighted by Gasteiger charge is 2.47. The number of benzene rings is 1. The van der Waals surface area contributed by atoms with Crippen LogP contribution in [0, 0.1) is 13.8 Å². The van der Waals surface area contributed by atoms with Crippen LogP contribution in [0.1, 0.15) is 65.0 Å². The first-order valence-electron chi connectivity index (χ1n) is 13.8. The van der Waals surface area contributed by atoms with Crippen molar-refractivity contribution in [2.75, 3.05) is 39.3 Å². The summed E-state index contributed by atoms with van der Waals surface area (Å²) < 4.78 is 44.7. The van der Waals surface area contributed by atoms with E-state index in [-0.39, 0.29) is 35.8 Å². The van der Waals surface area contributed by atoms with Crippen LogP contribution >= 0.6 is 0 Å². The molecule has 3 aliphatic heterocycles. The Hall–Kier alpha value is -2.69. The number of hydrogen-bond acceptors (Lipinski definition) is 6. The third-order valence-corrected chi connectivity index (χ3v) is 8.70. The van der Waals surface area contributed by atoms with Gasteiger partial charge in [-0.3, -0.25) is 14.7 Å². The van der Waals surface area contributed by atoms with E-state index in [1.807, 2.05) is 6.07 Å². The van der Waals surface area contributed by atoms with E-state index in [1.54, 1.807) is 4.90 Å². The second-order valence-corrected chi connectivity index (χ2v) is 11.2. The summed E-state index contributed by atoms with van der Waals surface area (Å²) in [5, 5.41) is 9.67. The summed E-state index contributed by atoms with van der Waals surface area (Å²) in [7, 11) is 0. The van der Waals surface area contributed by atoms with Crippen molar-refractivity contribution in [2.24, 2.45) is 0 Å². The molecule has 3 aliphatic rings. The number of nitrogens with zero attached hydrogens (tertiary/aromatic N) is 4. The first-order chi connectivity index (χ1) is 18.5. The highest BCUT2D eigenvalue weighted by Crippen LogP contribution is 2.39. The summed E-state index contributed by atoms with van der Waals surface area (Å²) in [4.78, 5) is 23.3. The molecule has 0 aliphatic carbocycles. The number of β-amino-alcohol motifs (C(OH)–C–C–N with tert-alkyl or cyclic N) is 1. The fraction of sp³-hybridized carbons (Fsp3) is 0.586. The maximum absolute atomic E-state index is 13.0. The van der Waals surface area contributed by atoms with Crippen LogP contribution in [0.3, 0.4) is 0 Å². The summed E-state index contributed by atoms with van der Waals surface area (Å²) in [6.45, 7) is 10.9. The molecule has 1 amide bonds. The van der Waals surface area contributed by atoms with Crippen LogP contribution in [0.4, 0.5) is 13.2 Å². The van der Waals surface area contributed by atoms with Gasteiger partial charge < -0.3 is 19.6 Å². The van der Waals surface area contributed by atoms with E-state index >= 15 is 0 Å². The van der Waals surface area contributed by atoms with E-state index in [1.165, 1.54) is 17.2 Å². The average molecular weight is 547 g/mol. The number of rotatable bonds is 8. The number of halogens is 3. The molecule has 1 N–H and O–H groups in total. The van der Waals surface area contributed by atoms with Gasteiger partial charge in [0.25, 0.3) is 5.91 Å². The van der Waals surface area contributed by atoms with Gasteiger partial charge in [-0.2, -0.15) is 13.2 Å². The van der Waals surface area contributed by atoms with E-state index in [4.69, 9.17) is 4.74 Å². The normalized spacial score (nSPS) is 24.5. The summed E-state index contributed by atoms with van der Waals surface area (Å²) >= 11 is 0. The van der Waals surface area contributed by atoms with Crippen LogP contribution in [0.15, 0.2) is 30.5 Å². The van der Waals surface area contributed by atoms with Crippen molar-refractivity contribution in [1.29, 1.82) is 0 Å². The molecule has 0 spiro atoms. The van der Waals surface area contributed by atoms with Gasteiger partial charge >= 0.3 is 6.18 Å². The van der Waals surface area contributed by atoms with Crippen LogP contribution in [0.5, 0.6) is 5.75 Å². The number of alkyl halides is 3. The topological polar surface area (TPSA) is 69.1 Å². The minimum Gasteiger partial charge on any atom is -0.493 e. The van der Waals surface area contributed by atoms with Gasteiger partial charge in [0.2, 0.25) is 0 Å². The van der Waals surface area contributed by atoms with E-state index in [9.17, 15) is 23.1 Å². The smallest absolute Gasteiger partial charge is 0.417 e. The van der Waals surface area contributed by atoms with Crippen LogP contribution in [0.25, 0.3) is 0 Å². The Morgan fingerprint density at radius 1 is 1.13 bits per heavy atom. The molecule has 4 heterocycles. The number of piperazine rings is 1. The van der Waals surface area contributed by atoms with Gasteiger partial charge in [0.05, 0.1) is 18.3 Å². The molecular formula is C29H37F3N4O3. The summed E-state index contributed by atoms with van der Waals surface area (Å²) in [6, 6.07) is 6.66. The standard InChI is InChI=1S/C29H37F3N4O3/c1-18-19(2)27(39-12-4-10-34-11-9-24(37)17-34)8-6-25(18)20(3)35-15-23-13-22(35)16-36(23)28(38)26-7-5-21(14-33-26)29(30,31)32/h5-8,14,20,22-24,37H,4,9-13,15-17H2,1-3H3/t20-,22-,23-,24+/m0/s1. The molecule has 0 radical (unpaired) electrons. The Morgan fingerprint density at radius 3 is 2.54 bits per heavy atom. The van der Waals surface area contributed by atoms with E-state index in [0.29, 0.717) is 13.2 Å².